The van der Waals surface area contributed by atoms with Gasteiger partial charge < -0.3 is 4.74 Å². The van der Waals surface area contributed by atoms with Gasteiger partial charge in [0.2, 0.25) is 0 Å². The van der Waals surface area contributed by atoms with Gasteiger partial charge in [-0.3, -0.25) is 0 Å². The quantitative estimate of drug-likeness (QED) is 0.558. The van der Waals surface area contributed by atoms with Crippen LogP contribution >= 0.6 is 0 Å². The second kappa shape index (κ2) is 2.21. The Labute approximate surface area is 76.1 Å². The van der Waals surface area contributed by atoms with Crippen LogP contribution in [-0.2, 0) is 4.74 Å². The molecule has 13 heavy (non-hydrogen) atoms. The van der Waals surface area contributed by atoms with E-state index in [1.54, 1.807) is 0 Å². The first kappa shape index (κ1) is 6.88. The zero-order valence-corrected chi connectivity index (χ0v) is 6.90. The molecule has 2 atom stereocenters. The predicted octanol–water partition coefficient (Wildman–Crippen LogP) is 2.24. The van der Waals surface area contributed by atoms with Gasteiger partial charge in [-0.15, -0.1) is 0 Å². The van der Waals surface area contributed by atoms with Crippen LogP contribution in [0.1, 0.15) is 28.9 Å². The lowest BCUT2D eigenvalue weighted by Gasteiger charge is -2.07. The first-order valence-corrected chi connectivity index (χ1v) is 4.27. The minimum absolute atomic E-state index is 0.0239. The first-order valence-electron chi connectivity index (χ1n) is 4.27. The molecule has 0 N–H and O–H groups in total. The molecule has 0 spiro atoms. The minimum atomic E-state index is 0.0239. The van der Waals surface area contributed by atoms with Crippen molar-refractivity contribution in [2.75, 3.05) is 0 Å². The Kier molecular flexibility index (Phi) is 1.17. The summed E-state index contributed by atoms with van der Waals surface area (Å²) in [5.74, 6) is 0. The Bertz CT molecular complexity index is 442. The van der Waals surface area contributed by atoms with Crippen LogP contribution < -0.4 is 0 Å². The summed E-state index contributed by atoms with van der Waals surface area (Å²) in [4.78, 5) is 0. The molecule has 0 aromatic heterocycles. The second-order valence-electron chi connectivity index (χ2n) is 3.28. The standard InChI is InChI=1S/C11H7NO/c12-6-7-2-1-3-8-9-4-5-10(13-9)11(7)8/h1-5,9-10H. The van der Waals surface area contributed by atoms with Crippen LogP contribution in [0.3, 0.4) is 0 Å². The minimum Gasteiger partial charge on any atom is -0.357 e. The summed E-state index contributed by atoms with van der Waals surface area (Å²) in [5, 5.41) is 8.90. The van der Waals surface area contributed by atoms with Gasteiger partial charge in [0.15, 0.2) is 0 Å². The average Bonchev–Trinajstić information content (AvgIpc) is 2.77. The van der Waals surface area contributed by atoms with Crippen LogP contribution in [0.25, 0.3) is 0 Å². The number of rotatable bonds is 0. The molecule has 2 bridgehead atoms. The fourth-order valence-corrected chi connectivity index (χ4v) is 2.04. The van der Waals surface area contributed by atoms with E-state index in [0.29, 0.717) is 0 Å². The largest absolute Gasteiger partial charge is 0.357 e. The highest BCUT2D eigenvalue weighted by Crippen LogP contribution is 2.46. The molecule has 2 nitrogen and oxygen atoms in total. The summed E-state index contributed by atoms with van der Waals surface area (Å²) < 4.78 is 5.62. The molecule has 0 aliphatic carbocycles. The van der Waals surface area contributed by atoms with Crippen molar-refractivity contribution >= 4 is 0 Å². The van der Waals surface area contributed by atoms with Gasteiger partial charge in [0.05, 0.1) is 11.6 Å². The summed E-state index contributed by atoms with van der Waals surface area (Å²) >= 11 is 0. The Hall–Kier alpha value is -1.59. The maximum atomic E-state index is 8.90. The zero-order chi connectivity index (χ0) is 8.84. The molecule has 62 valence electrons. The molecule has 2 unspecified atom stereocenters. The highest BCUT2D eigenvalue weighted by atomic mass is 16.5. The maximum Gasteiger partial charge on any atom is 0.104 e. The molecule has 2 aliphatic heterocycles. The third-order valence-corrected chi connectivity index (χ3v) is 2.61. The fraction of sp³-hybridized carbons (Fsp3) is 0.182. The monoisotopic (exact) mass is 169 g/mol. The van der Waals surface area contributed by atoms with Gasteiger partial charge in [-0.05, 0) is 11.6 Å². The van der Waals surface area contributed by atoms with Crippen molar-refractivity contribution in [1.82, 2.24) is 0 Å². The number of ether oxygens (including phenoxy) is 1. The molecule has 2 heterocycles. The smallest absolute Gasteiger partial charge is 0.104 e. The van der Waals surface area contributed by atoms with E-state index >= 15 is 0 Å². The van der Waals surface area contributed by atoms with E-state index in [1.165, 1.54) is 0 Å². The summed E-state index contributed by atoms with van der Waals surface area (Å²) in [6, 6.07) is 7.99. The van der Waals surface area contributed by atoms with Gasteiger partial charge in [0.25, 0.3) is 0 Å². The van der Waals surface area contributed by atoms with E-state index in [1.807, 2.05) is 30.4 Å². The first-order chi connectivity index (χ1) is 6.40. The molecule has 0 saturated heterocycles. The van der Waals surface area contributed by atoms with Crippen LogP contribution in [0, 0.1) is 11.3 Å². The molecule has 3 rings (SSSR count). The number of hydrogen-bond acceptors (Lipinski definition) is 2. The van der Waals surface area contributed by atoms with Crippen molar-refractivity contribution in [3.8, 4) is 6.07 Å². The number of benzene rings is 1. The van der Waals surface area contributed by atoms with Gasteiger partial charge in [-0.1, -0.05) is 24.3 Å². The summed E-state index contributed by atoms with van der Waals surface area (Å²) in [5.41, 5.74) is 2.97. The molecular formula is C11H7NO. The fourth-order valence-electron chi connectivity index (χ4n) is 2.04. The van der Waals surface area contributed by atoms with Gasteiger partial charge in [-0.2, -0.15) is 5.26 Å². The van der Waals surface area contributed by atoms with Crippen molar-refractivity contribution < 1.29 is 4.74 Å². The van der Waals surface area contributed by atoms with Crippen LogP contribution in [0.4, 0.5) is 0 Å². The Morgan fingerprint density at radius 1 is 1.23 bits per heavy atom. The van der Waals surface area contributed by atoms with Crippen molar-refractivity contribution in [3.63, 3.8) is 0 Å². The maximum absolute atomic E-state index is 8.90. The number of nitriles is 1. The van der Waals surface area contributed by atoms with Crippen molar-refractivity contribution in [2.45, 2.75) is 12.2 Å². The van der Waals surface area contributed by atoms with Crippen LogP contribution in [-0.4, -0.2) is 0 Å². The topological polar surface area (TPSA) is 33.0 Å². The highest BCUT2D eigenvalue weighted by Gasteiger charge is 2.35. The van der Waals surface area contributed by atoms with Crippen molar-refractivity contribution in [2.24, 2.45) is 0 Å². The summed E-state index contributed by atoms with van der Waals surface area (Å²) in [7, 11) is 0. The van der Waals surface area contributed by atoms with E-state index < -0.39 is 0 Å². The average molecular weight is 169 g/mol. The number of hydrogen-bond donors (Lipinski definition) is 0. The second-order valence-corrected chi connectivity index (χ2v) is 3.28. The van der Waals surface area contributed by atoms with E-state index in [0.717, 1.165) is 16.7 Å². The molecule has 0 saturated carbocycles. The molecule has 0 amide bonds. The number of nitrogens with zero attached hydrogens (tertiary/aromatic N) is 1. The molecule has 1 aromatic rings. The molecule has 2 heteroatoms. The normalized spacial score (nSPS) is 27.3. The summed E-state index contributed by atoms with van der Waals surface area (Å²) in [6.45, 7) is 0. The zero-order valence-electron chi connectivity index (χ0n) is 6.90. The predicted molar refractivity (Wildman–Crippen MR) is 46.9 cm³/mol. The van der Waals surface area contributed by atoms with E-state index in [2.05, 4.69) is 6.07 Å². The third kappa shape index (κ3) is 0.746. The van der Waals surface area contributed by atoms with Crippen LogP contribution in [0.2, 0.25) is 0 Å². The molecule has 1 aromatic carbocycles. The van der Waals surface area contributed by atoms with E-state index in [-0.39, 0.29) is 12.2 Å². The van der Waals surface area contributed by atoms with Crippen molar-refractivity contribution in [3.05, 3.63) is 47.0 Å². The van der Waals surface area contributed by atoms with E-state index in [9.17, 15) is 0 Å². The molecule has 2 aliphatic rings. The lowest BCUT2D eigenvalue weighted by Crippen LogP contribution is -1.95. The molecule has 0 radical (unpaired) electrons. The molecule has 0 fully saturated rings. The highest BCUT2D eigenvalue weighted by molar-refractivity contribution is 5.52. The van der Waals surface area contributed by atoms with Gasteiger partial charge >= 0.3 is 0 Å². The Morgan fingerprint density at radius 3 is 2.92 bits per heavy atom. The number of fused-ring (bicyclic) bond motifs is 5. The van der Waals surface area contributed by atoms with E-state index in [4.69, 9.17) is 10.00 Å². The van der Waals surface area contributed by atoms with Crippen LogP contribution in [0.15, 0.2) is 30.4 Å². The van der Waals surface area contributed by atoms with Crippen molar-refractivity contribution in [1.29, 1.82) is 5.26 Å². The van der Waals surface area contributed by atoms with Gasteiger partial charge in [0.1, 0.15) is 12.2 Å². The van der Waals surface area contributed by atoms with Gasteiger partial charge in [-0.25, -0.2) is 0 Å². The Balaban J connectivity index is 2.30. The van der Waals surface area contributed by atoms with Gasteiger partial charge in [0, 0.05) is 5.56 Å². The third-order valence-electron chi connectivity index (χ3n) is 2.61. The summed E-state index contributed by atoms with van der Waals surface area (Å²) in [6.07, 6.45) is 4.19. The van der Waals surface area contributed by atoms with Crippen LogP contribution in [0.5, 0.6) is 0 Å². The SMILES string of the molecule is N#Cc1cccc2c1C1C=CC2O1. The molecular weight excluding hydrogens is 162 g/mol. The lowest BCUT2D eigenvalue weighted by molar-refractivity contribution is 0.0878. The lowest BCUT2D eigenvalue weighted by atomic mass is 9.93. The Morgan fingerprint density at radius 2 is 2.08 bits per heavy atom.